The topological polar surface area (TPSA) is 77.7 Å². The highest BCUT2D eigenvalue weighted by atomic mass is 32.1. The van der Waals surface area contributed by atoms with Crippen molar-refractivity contribution in [1.82, 2.24) is 9.78 Å². The minimum Gasteiger partial charge on any atom is -0.456 e. The van der Waals surface area contributed by atoms with Crippen molar-refractivity contribution in [3.63, 3.8) is 0 Å². The summed E-state index contributed by atoms with van der Waals surface area (Å²) in [5.74, 6) is -0.633. The van der Waals surface area contributed by atoms with Crippen LogP contribution < -0.4 is 10.2 Å². The van der Waals surface area contributed by atoms with Crippen LogP contribution in [0.5, 0.6) is 0 Å². The van der Waals surface area contributed by atoms with Crippen molar-refractivity contribution in [2.45, 2.75) is 13.8 Å². The minimum atomic E-state index is -0.362. The molecule has 0 bridgehead atoms. The van der Waals surface area contributed by atoms with Gasteiger partial charge in [0.05, 0.1) is 34.8 Å². The number of nitrogens with one attached hydrogen (secondary N) is 2. The van der Waals surface area contributed by atoms with Gasteiger partial charge in [0.2, 0.25) is 0 Å². The van der Waals surface area contributed by atoms with Crippen LogP contribution >= 0.6 is 11.3 Å². The molecule has 0 aliphatic carbocycles. The fraction of sp³-hybridized carbons (Fsp3) is 0.222. The molecule has 0 atom stereocenters. The Morgan fingerprint density at radius 2 is 1.74 bits per heavy atom. The lowest BCUT2D eigenvalue weighted by molar-refractivity contribution is -0.896. The third-order valence-corrected chi connectivity index (χ3v) is 6.68. The van der Waals surface area contributed by atoms with E-state index >= 15 is 0 Å². The second-order valence-corrected chi connectivity index (χ2v) is 8.97. The third-order valence-electron chi connectivity index (χ3n) is 5.80. The number of hydrogen-bond acceptors (Lipinski definition) is 5. The van der Waals surface area contributed by atoms with Gasteiger partial charge in [-0.25, -0.2) is 9.48 Å². The lowest BCUT2D eigenvalue weighted by Gasteiger charge is -2.15. The molecule has 35 heavy (non-hydrogen) atoms. The Labute approximate surface area is 209 Å². The molecule has 2 N–H and O–H groups in total. The van der Waals surface area contributed by atoms with Gasteiger partial charge in [0.25, 0.3) is 5.91 Å². The van der Waals surface area contributed by atoms with Crippen molar-refractivity contribution in [2.24, 2.45) is 0 Å². The molecule has 0 unspecified atom stereocenters. The summed E-state index contributed by atoms with van der Waals surface area (Å²) in [4.78, 5) is 27.8. The molecule has 0 radical (unpaired) electrons. The van der Waals surface area contributed by atoms with Crippen LogP contribution in [0.15, 0.2) is 78.3 Å². The molecule has 0 spiro atoms. The maximum atomic E-state index is 13.2. The standard InChI is InChI=1S/C27H28N4O3S/c1-3-30(4-2)16-17-34-27(33)20-12-14-21(15-13-20)28-26(32)23-19-31(22-9-6-5-7-10-22)29-25(23)24-11-8-18-35-24/h5-15,18-19H,3-4,16-17H2,1-2H3,(H,28,32)/p+1. The number of benzene rings is 2. The van der Waals surface area contributed by atoms with Gasteiger partial charge in [-0.3, -0.25) is 4.79 Å². The number of likely N-dealkylation sites (N-methyl/N-ethyl adjacent to an activating group) is 1. The lowest BCUT2D eigenvalue weighted by atomic mass is 10.2. The van der Waals surface area contributed by atoms with Crippen LogP contribution in [0.3, 0.4) is 0 Å². The van der Waals surface area contributed by atoms with Gasteiger partial charge in [-0.05, 0) is 61.7 Å². The molecular weight excluding hydrogens is 460 g/mol. The normalized spacial score (nSPS) is 10.9. The van der Waals surface area contributed by atoms with Crippen LogP contribution in [0.1, 0.15) is 34.6 Å². The number of amides is 1. The van der Waals surface area contributed by atoms with Gasteiger partial charge in [0, 0.05) is 11.9 Å². The first-order chi connectivity index (χ1) is 17.1. The Bertz CT molecular complexity index is 1250. The summed E-state index contributed by atoms with van der Waals surface area (Å²) < 4.78 is 7.11. The van der Waals surface area contributed by atoms with E-state index in [0.29, 0.717) is 29.1 Å². The third kappa shape index (κ3) is 6.03. The number of anilines is 1. The first kappa shape index (κ1) is 24.4. The number of carbonyl (C=O) groups is 2. The van der Waals surface area contributed by atoms with Crippen LogP contribution in [0.25, 0.3) is 16.3 Å². The van der Waals surface area contributed by atoms with Crippen LogP contribution in [-0.4, -0.2) is 47.9 Å². The first-order valence-electron chi connectivity index (χ1n) is 11.7. The van der Waals surface area contributed by atoms with Gasteiger partial charge in [0.1, 0.15) is 18.8 Å². The Balaban J connectivity index is 1.46. The number of aromatic nitrogens is 2. The molecule has 4 aromatic rings. The highest BCUT2D eigenvalue weighted by Gasteiger charge is 2.20. The molecule has 7 nitrogen and oxygen atoms in total. The lowest BCUT2D eigenvalue weighted by Crippen LogP contribution is -3.11. The van der Waals surface area contributed by atoms with Gasteiger partial charge in [-0.15, -0.1) is 11.3 Å². The van der Waals surface area contributed by atoms with Gasteiger partial charge >= 0.3 is 5.97 Å². The number of rotatable bonds is 10. The molecule has 0 fully saturated rings. The summed E-state index contributed by atoms with van der Waals surface area (Å²) in [5, 5.41) is 9.56. The van der Waals surface area contributed by atoms with Crippen molar-refractivity contribution in [2.75, 3.05) is 31.6 Å². The van der Waals surface area contributed by atoms with Crippen LogP contribution in [-0.2, 0) is 4.74 Å². The maximum Gasteiger partial charge on any atom is 0.338 e. The quantitative estimate of drug-likeness (QED) is 0.331. The largest absolute Gasteiger partial charge is 0.456 e. The molecule has 180 valence electrons. The van der Waals surface area contributed by atoms with E-state index in [9.17, 15) is 9.59 Å². The number of para-hydroxylation sites is 1. The van der Waals surface area contributed by atoms with E-state index in [4.69, 9.17) is 4.74 Å². The minimum absolute atomic E-state index is 0.270. The Morgan fingerprint density at radius 3 is 2.40 bits per heavy atom. The number of thiophene rings is 1. The fourth-order valence-electron chi connectivity index (χ4n) is 3.71. The van der Waals surface area contributed by atoms with Gasteiger partial charge in [0.15, 0.2) is 0 Å². The summed E-state index contributed by atoms with van der Waals surface area (Å²) in [6.45, 7) is 7.40. The van der Waals surface area contributed by atoms with Crippen molar-refractivity contribution in [1.29, 1.82) is 0 Å². The summed E-state index contributed by atoms with van der Waals surface area (Å²) >= 11 is 1.53. The molecule has 2 aromatic heterocycles. The highest BCUT2D eigenvalue weighted by molar-refractivity contribution is 7.13. The van der Waals surface area contributed by atoms with Crippen molar-refractivity contribution < 1.29 is 19.2 Å². The molecule has 1 amide bonds. The van der Waals surface area contributed by atoms with Gasteiger partial charge in [-0.2, -0.15) is 5.10 Å². The van der Waals surface area contributed by atoms with E-state index in [2.05, 4.69) is 24.3 Å². The van der Waals surface area contributed by atoms with Gasteiger partial charge in [-0.1, -0.05) is 24.3 Å². The van der Waals surface area contributed by atoms with E-state index in [1.54, 1.807) is 35.1 Å². The van der Waals surface area contributed by atoms with E-state index in [-0.39, 0.29) is 11.9 Å². The summed E-state index contributed by atoms with van der Waals surface area (Å²) in [5.41, 5.74) is 3.00. The maximum absolute atomic E-state index is 13.2. The van der Waals surface area contributed by atoms with E-state index in [1.807, 2.05) is 47.8 Å². The Kier molecular flexibility index (Phi) is 8.07. The van der Waals surface area contributed by atoms with E-state index < -0.39 is 0 Å². The van der Waals surface area contributed by atoms with E-state index in [0.717, 1.165) is 30.2 Å². The van der Waals surface area contributed by atoms with Crippen molar-refractivity contribution in [3.05, 3.63) is 89.4 Å². The zero-order valence-corrected chi connectivity index (χ0v) is 20.7. The molecule has 0 saturated carbocycles. The Hall–Kier alpha value is -3.75. The summed E-state index contributed by atoms with van der Waals surface area (Å²) in [7, 11) is 0. The zero-order valence-electron chi connectivity index (χ0n) is 19.9. The SMILES string of the molecule is CC[NH+](CC)CCOC(=O)c1ccc(NC(=O)c2cn(-c3ccccc3)nc2-c2cccs2)cc1. The number of ether oxygens (including phenoxy) is 1. The number of esters is 1. The fourth-order valence-corrected chi connectivity index (χ4v) is 4.43. The Morgan fingerprint density at radius 1 is 1.00 bits per heavy atom. The number of carbonyl (C=O) groups excluding carboxylic acids is 2. The summed E-state index contributed by atoms with van der Waals surface area (Å²) in [6.07, 6.45) is 1.74. The smallest absolute Gasteiger partial charge is 0.338 e. The molecular formula is C27H29N4O3S+. The van der Waals surface area contributed by atoms with Crippen LogP contribution in [0.4, 0.5) is 5.69 Å². The number of nitrogens with zero attached hydrogens (tertiary/aromatic N) is 2. The predicted molar refractivity (Wildman–Crippen MR) is 138 cm³/mol. The summed E-state index contributed by atoms with van der Waals surface area (Å²) in [6, 6.07) is 20.3. The monoisotopic (exact) mass is 489 g/mol. The average Bonchev–Trinajstić information content (AvgIpc) is 3.58. The molecule has 2 heterocycles. The molecule has 0 saturated heterocycles. The predicted octanol–water partition coefficient (Wildman–Crippen LogP) is 3.93. The van der Waals surface area contributed by atoms with Crippen molar-refractivity contribution in [3.8, 4) is 16.3 Å². The zero-order chi connectivity index (χ0) is 24.6. The van der Waals surface area contributed by atoms with Gasteiger partial charge < -0.3 is 15.0 Å². The molecule has 0 aliphatic heterocycles. The highest BCUT2D eigenvalue weighted by Crippen LogP contribution is 2.28. The van der Waals surface area contributed by atoms with E-state index in [1.165, 1.54) is 16.2 Å². The molecule has 8 heteroatoms. The van der Waals surface area contributed by atoms with Crippen LogP contribution in [0.2, 0.25) is 0 Å². The average molecular weight is 490 g/mol. The van der Waals surface area contributed by atoms with Crippen molar-refractivity contribution >= 4 is 28.9 Å². The molecule has 2 aromatic carbocycles. The first-order valence-corrected chi connectivity index (χ1v) is 12.6. The molecule has 0 aliphatic rings. The molecule has 4 rings (SSSR count). The second-order valence-electron chi connectivity index (χ2n) is 8.02. The van der Waals surface area contributed by atoms with Crippen LogP contribution in [0, 0.1) is 0 Å². The second kappa shape index (κ2) is 11.6. The number of quaternary nitrogens is 1. The number of hydrogen-bond donors (Lipinski definition) is 2.